The standard InChI is InChI=1S/C17H22F3N3/c1-13(6-9-21)23(15-7-10-22-11-8-15)12-14-4-2-3-5-16(14)17(18,19)20/h2-5,13,15,22H,6-8,10-12H2,1H3. The number of hydrogen-bond acceptors (Lipinski definition) is 3. The number of nitriles is 1. The topological polar surface area (TPSA) is 39.1 Å². The number of piperidine rings is 1. The van der Waals surface area contributed by atoms with Crippen molar-refractivity contribution < 1.29 is 13.2 Å². The van der Waals surface area contributed by atoms with Gasteiger partial charge in [-0.3, -0.25) is 4.90 Å². The third kappa shape index (κ3) is 4.69. The van der Waals surface area contributed by atoms with E-state index >= 15 is 0 Å². The van der Waals surface area contributed by atoms with Gasteiger partial charge in [0.25, 0.3) is 0 Å². The molecule has 1 aromatic rings. The van der Waals surface area contributed by atoms with Crippen molar-refractivity contribution in [3.63, 3.8) is 0 Å². The molecule has 126 valence electrons. The zero-order valence-electron chi connectivity index (χ0n) is 13.2. The number of alkyl halides is 3. The van der Waals surface area contributed by atoms with E-state index in [1.54, 1.807) is 6.07 Å². The van der Waals surface area contributed by atoms with Gasteiger partial charge in [-0.2, -0.15) is 18.4 Å². The van der Waals surface area contributed by atoms with E-state index in [2.05, 4.69) is 16.3 Å². The van der Waals surface area contributed by atoms with E-state index in [4.69, 9.17) is 5.26 Å². The van der Waals surface area contributed by atoms with Gasteiger partial charge < -0.3 is 5.32 Å². The Morgan fingerprint density at radius 2 is 1.96 bits per heavy atom. The lowest BCUT2D eigenvalue weighted by Crippen LogP contribution is -2.46. The van der Waals surface area contributed by atoms with Crippen molar-refractivity contribution in [2.45, 2.75) is 51.0 Å². The third-order valence-corrected chi connectivity index (χ3v) is 4.41. The molecule has 1 atom stereocenters. The first kappa shape index (κ1) is 17.8. The first-order valence-corrected chi connectivity index (χ1v) is 7.92. The van der Waals surface area contributed by atoms with Crippen molar-refractivity contribution in [2.24, 2.45) is 0 Å². The maximum atomic E-state index is 13.2. The monoisotopic (exact) mass is 325 g/mol. The molecule has 0 saturated carbocycles. The minimum absolute atomic E-state index is 0.0654. The number of benzene rings is 1. The van der Waals surface area contributed by atoms with Crippen LogP contribution in [0.25, 0.3) is 0 Å². The molecular weight excluding hydrogens is 303 g/mol. The number of halogens is 3. The summed E-state index contributed by atoms with van der Waals surface area (Å²) < 4.78 is 39.6. The van der Waals surface area contributed by atoms with Gasteiger partial charge in [0.1, 0.15) is 0 Å². The summed E-state index contributed by atoms with van der Waals surface area (Å²) in [6.07, 6.45) is -2.25. The van der Waals surface area contributed by atoms with Gasteiger partial charge in [0.15, 0.2) is 0 Å². The van der Waals surface area contributed by atoms with Gasteiger partial charge in [0.05, 0.1) is 18.1 Å². The highest BCUT2D eigenvalue weighted by atomic mass is 19.4. The first-order valence-electron chi connectivity index (χ1n) is 7.92. The molecule has 0 amide bonds. The van der Waals surface area contributed by atoms with Gasteiger partial charge in [-0.25, -0.2) is 0 Å². The largest absolute Gasteiger partial charge is 0.416 e. The Morgan fingerprint density at radius 3 is 2.57 bits per heavy atom. The molecule has 3 nitrogen and oxygen atoms in total. The van der Waals surface area contributed by atoms with Crippen LogP contribution in [0, 0.1) is 11.3 Å². The summed E-state index contributed by atoms with van der Waals surface area (Å²) in [7, 11) is 0. The van der Waals surface area contributed by atoms with Gasteiger partial charge in [-0.15, -0.1) is 0 Å². The Hall–Kier alpha value is -1.58. The molecule has 0 radical (unpaired) electrons. The number of hydrogen-bond donors (Lipinski definition) is 1. The molecule has 0 aromatic heterocycles. The fourth-order valence-corrected chi connectivity index (χ4v) is 3.16. The van der Waals surface area contributed by atoms with E-state index in [0.717, 1.165) is 32.0 Å². The second-order valence-electron chi connectivity index (χ2n) is 6.02. The normalized spacial score (nSPS) is 17.9. The van der Waals surface area contributed by atoms with Crippen LogP contribution in [0.3, 0.4) is 0 Å². The molecule has 1 aliphatic heterocycles. The van der Waals surface area contributed by atoms with E-state index < -0.39 is 11.7 Å². The molecule has 2 rings (SSSR count). The summed E-state index contributed by atoms with van der Waals surface area (Å²) in [5.41, 5.74) is -0.300. The average molecular weight is 325 g/mol. The second kappa shape index (κ2) is 7.80. The van der Waals surface area contributed by atoms with Crippen LogP contribution in [0.2, 0.25) is 0 Å². The van der Waals surface area contributed by atoms with Crippen LogP contribution in [-0.4, -0.2) is 30.1 Å². The zero-order valence-corrected chi connectivity index (χ0v) is 13.2. The molecule has 1 heterocycles. The molecule has 1 aliphatic rings. The molecular formula is C17H22F3N3. The number of nitrogens with one attached hydrogen (secondary N) is 1. The summed E-state index contributed by atoms with van der Waals surface area (Å²) in [6.45, 7) is 3.87. The van der Waals surface area contributed by atoms with E-state index in [1.165, 1.54) is 12.1 Å². The predicted molar refractivity (Wildman–Crippen MR) is 82.6 cm³/mol. The summed E-state index contributed by atoms with van der Waals surface area (Å²) in [5.74, 6) is 0. The highest BCUT2D eigenvalue weighted by Gasteiger charge is 2.34. The van der Waals surface area contributed by atoms with E-state index in [0.29, 0.717) is 6.42 Å². The van der Waals surface area contributed by atoms with Crippen LogP contribution in [0.15, 0.2) is 24.3 Å². The predicted octanol–water partition coefficient (Wildman–Crippen LogP) is 3.56. The molecule has 1 saturated heterocycles. The second-order valence-corrected chi connectivity index (χ2v) is 6.02. The molecule has 0 bridgehead atoms. The Balaban J connectivity index is 2.25. The van der Waals surface area contributed by atoms with Crippen LogP contribution in [0.4, 0.5) is 13.2 Å². The van der Waals surface area contributed by atoms with Crippen LogP contribution in [-0.2, 0) is 12.7 Å². The summed E-state index contributed by atoms with van der Waals surface area (Å²) in [6, 6.07) is 8.01. The molecule has 0 spiro atoms. The van der Waals surface area contributed by atoms with Crippen molar-refractivity contribution in [3.05, 3.63) is 35.4 Å². The van der Waals surface area contributed by atoms with Gasteiger partial charge >= 0.3 is 6.18 Å². The number of nitrogens with zero attached hydrogens (tertiary/aromatic N) is 2. The van der Waals surface area contributed by atoms with Crippen LogP contribution >= 0.6 is 0 Å². The SMILES string of the molecule is CC(CC#N)N(Cc1ccccc1C(F)(F)F)C1CCNCC1. The fraction of sp³-hybridized carbons (Fsp3) is 0.588. The zero-order chi connectivity index (χ0) is 16.9. The van der Waals surface area contributed by atoms with Crippen LogP contribution < -0.4 is 5.32 Å². The third-order valence-electron chi connectivity index (χ3n) is 4.41. The lowest BCUT2D eigenvalue weighted by molar-refractivity contribution is -0.138. The van der Waals surface area contributed by atoms with Crippen molar-refractivity contribution in [2.75, 3.05) is 13.1 Å². The molecule has 1 N–H and O–H groups in total. The summed E-state index contributed by atoms with van der Waals surface area (Å²) in [5, 5.41) is 12.2. The van der Waals surface area contributed by atoms with Crippen molar-refractivity contribution in [1.29, 1.82) is 5.26 Å². The molecule has 0 aliphatic carbocycles. The Kier molecular flexibility index (Phi) is 6.03. The molecule has 1 fully saturated rings. The maximum Gasteiger partial charge on any atom is 0.416 e. The molecule has 1 aromatic carbocycles. The van der Waals surface area contributed by atoms with Gasteiger partial charge in [0, 0.05) is 18.6 Å². The van der Waals surface area contributed by atoms with Crippen molar-refractivity contribution >= 4 is 0 Å². The highest BCUT2D eigenvalue weighted by Crippen LogP contribution is 2.33. The highest BCUT2D eigenvalue weighted by molar-refractivity contribution is 5.29. The van der Waals surface area contributed by atoms with Gasteiger partial charge in [-0.05, 0) is 44.5 Å². The maximum absolute atomic E-state index is 13.2. The average Bonchev–Trinajstić information content (AvgIpc) is 2.53. The van der Waals surface area contributed by atoms with Crippen molar-refractivity contribution in [1.82, 2.24) is 10.2 Å². The first-order chi connectivity index (χ1) is 10.9. The lowest BCUT2D eigenvalue weighted by atomic mass is 9.99. The fourth-order valence-electron chi connectivity index (χ4n) is 3.16. The molecule has 6 heteroatoms. The number of rotatable bonds is 5. The Morgan fingerprint density at radius 1 is 1.30 bits per heavy atom. The van der Waals surface area contributed by atoms with Crippen molar-refractivity contribution in [3.8, 4) is 6.07 Å². The van der Waals surface area contributed by atoms with Crippen LogP contribution in [0.5, 0.6) is 0 Å². The quantitative estimate of drug-likeness (QED) is 0.900. The summed E-state index contributed by atoms with van der Waals surface area (Å²) >= 11 is 0. The van der Waals surface area contributed by atoms with Gasteiger partial charge in [-0.1, -0.05) is 18.2 Å². The Labute approximate surface area is 135 Å². The van der Waals surface area contributed by atoms with Gasteiger partial charge in [0.2, 0.25) is 0 Å². The molecule has 23 heavy (non-hydrogen) atoms. The van der Waals surface area contributed by atoms with Crippen LogP contribution in [0.1, 0.15) is 37.3 Å². The minimum Gasteiger partial charge on any atom is -0.317 e. The minimum atomic E-state index is -4.35. The van der Waals surface area contributed by atoms with E-state index in [1.807, 2.05) is 6.92 Å². The lowest BCUT2D eigenvalue weighted by Gasteiger charge is -2.38. The molecule has 1 unspecified atom stereocenters. The summed E-state index contributed by atoms with van der Waals surface area (Å²) in [4.78, 5) is 2.06. The Bertz CT molecular complexity index is 545. The van der Waals surface area contributed by atoms with E-state index in [9.17, 15) is 13.2 Å². The smallest absolute Gasteiger partial charge is 0.317 e. The van der Waals surface area contributed by atoms with E-state index in [-0.39, 0.29) is 24.2 Å².